The molecular weight excluding hydrogens is 430 g/mol. The van der Waals surface area contributed by atoms with Gasteiger partial charge >= 0.3 is 6.03 Å². The largest absolute Gasteiger partial charge is 0.497 e. The fourth-order valence-corrected chi connectivity index (χ4v) is 6.82. The molecule has 4 fully saturated rings. The van der Waals surface area contributed by atoms with Gasteiger partial charge in [-0.25, -0.2) is 9.78 Å². The van der Waals surface area contributed by atoms with Crippen LogP contribution in [0.5, 0.6) is 5.75 Å². The van der Waals surface area contributed by atoms with Gasteiger partial charge in [-0.15, -0.1) is 0 Å². The summed E-state index contributed by atoms with van der Waals surface area (Å²) in [6, 6.07) is 7.05. The van der Waals surface area contributed by atoms with E-state index in [0.717, 1.165) is 54.2 Å². The number of amides is 3. The summed E-state index contributed by atoms with van der Waals surface area (Å²) in [5.74, 6) is 3.68. The monoisotopic (exact) mass is 465 g/mol. The van der Waals surface area contributed by atoms with Crippen molar-refractivity contribution < 1.29 is 14.3 Å². The zero-order valence-electron chi connectivity index (χ0n) is 20.0. The predicted octanol–water partition coefficient (Wildman–Crippen LogP) is 3.29. The van der Waals surface area contributed by atoms with E-state index in [9.17, 15) is 9.59 Å². The summed E-state index contributed by atoms with van der Waals surface area (Å²) in [6.07, 6.45) is 11.1. The highest BCUT2D eigenvalue weighted by Gasteiger charge is 2.51. The molecule has 4 saturated carbocycles. The molecule has 3 N–H and O–H groups in total. The summed E-state index contributed by atoms with van der Waals surface area (Å²) in [5.41, 5.74) is 0.884. The van der Waals surface area contributed by atoms with Crippen molar-refractivity contribution in [1.82, 2.24) is 25.5 Å². The van der Waals surface area contributed by atoms with E-state index < -0.39 is 0 Å². The third-order valence-electron chi connectivity index (χ3n) is 7.93. The number of carbonyl (C=O) groups is 2. The second-order valence-corrected chi connectivity index (χ2v) is 10.5. The Bertz CT molecular complexity index is 996. The van der Waals surface area contributed by atoms with Crippen LogP contribution in [0.3, 0.4) is 0 Å². The number of hydrogen-bond acceptors (Lipinski definition) is 4. The lowest BCUT2D eigenvalue weighted by Crippen LogP contribution is -2.61. The second kappa shape index (κ2) is 9.31. The van der Waals surface area contributed by atoms with E-state index in [1.54, 1.807) is 13.3 Å². The van der Waals surface area contributed by atoms with E-state index in [0.29, 0.717) is 6.54 Å². The van der Waals surface area contributed by atoms with Gasteiger partial charge < -0.3 is 25.3 Å². The van der Waals surface area contributed by atoms with Crippen LogP contribution in [0.15, 0.2) is 36.7 Å². The van der Waals surface area contributed by atoms with Crippen molar-refractivity contribution in [2.24, 2.45) is 24.8 Å². The molecule has 34 heavy (non-hydrogen) atoms. The minimum atomic E-state index is -0.390. The van der Waals surface area contributed by atoms with Crippen molar-refractivity contribution >= 4 is 11.9 Å². The molecule has 1 heterocycles. The van der Waals surface area contributed by atoms with Gasteiger partial charge in [0.1, 0.15) is 17.6 Å². The number of imidazole rings is 1. The molecule has 1 atom stereocenters. The fraction of sp³-hybridized carbons (Fsp3) is 0.577. The van der Waals surface area contributed by atoms with Gasteiger partial charge in [-0.2, -0.15) is 0 Å². The quantitative estimate of drug-likeness (QED) is 0.557. The smallest absolute Gasteiger partial charge is 0.315 e. The topological polar surface area (TPSA) is 97.3 Å². The first-order valence-corrected chi connectivity index (χ1v) is 12.4. The average Bonchev–Trinajstić information content (AvgIpc) is 3.22. The first-order chi connectivity index (χ1) is 16.4. The Kier molecular flexibility index (Phi) is 6.23. The van der Waals surface area contributed by atoms with Crippen LogP contribution in [0.2, 0.25) is 0 Å². The molecule has 4 aliphatic rings. The van der Waals surface area contributed by atoms with Crippen LogP contribution in [0.4, 0.5) is 4.79 Å². The third-order valence-corrected chi connectivity index (χ3v) is 7.93. The van der Waals surface area contributed by atoms with Gasteiger partial charge in [0.05, 0.1) is 7.11 Å². The Morgan fingerprint density at radius 2 is 1.76 bits per heavy atom. The van der Waals surface area contributed by atoms with Crippen molar-refractivity contribution in [2.75, 3.05) is 13.7 Å². The highest BCUT2D eigenvalue weighted by molar-refractivity contribution is 5.79. The van der Waals surface area contributed by atoms with Crippen LogP contribution >= 0.6 is 0 Å². The Hall–Kier alpha value is -3.03. The predicted molar refractivity (Wildman–Crippen MR) is 128 cm³/mol. The normalized spacial score (nSPS) is 27.8. The van der Waals surface area contributed by atoms with Gasteiger partial charge in [0.25, 0.3) is 0 Å². The van der Waals surface area contributed by atoms with Crippen LogP contribution in [0.1, 0.15) is 62.4 Å². The molecule has 4 bridgehead atoms. The molecule has 8 nitrogen and oxygen atoms in total. The van der Waals surface area contributed by atoms with Crippen LogP contribution in [0, 0.1) is 17.8 Å². The van der Waals surface area contributed by atoms with Crippen LogP contribution in [0.25, 0.3) is 0 Å². The van der Waals surface area contributed by atoms with E-state index >= 15 is 0 Å². The van der Waals surface area contributed by atoms with Crippen molar-refractivity contribution in [2.45, 2.75) is 56.5 Å². The van der Waals surface area contributed by atoms with E-state index in [1.807, 2.05) is 42.1 Å². The molecule has 1 aromatic heterocycles. The highest BCUT2D eigenvalue weighted by Crippen LogP contribution is 2.55. The molecule has 0 saturated heterocycles. The second-order valence-electron chi connectivity index (χ2n) is 10.5. The number of aryl methyl sites for hydroxylation is 1. The van der Waals surface area contributed by atoms with Crippen molar-refractivity contribution in [3.8, 4) is 5.75 Å². The number of nitrogens with zero attached hydrogens (tertiary/aromatic N) is 2. The molecule has 0 radical (unpaired) electrons. The van der Waals surface area contributed by atoms with Gasteiger partial charge in [0.15, 0.2) is 0 Å². The molecule has 0 aliphatic heterocycles. The Balaban J connectivity index is 1.15. The summed E-state index contributed by atoms with van der Waals surface area (Å²) in [7, 11) is 3.53. The molecule has 1 aromatic carbocycles. The van der Waals surface area contributed by atoms with Gasteiger partial charge in [-0.3, -0.25) is 4.79 Å². The number of carbonyl (C=O) groups excluding carboxylic acids is 2. The van der Waals surface area contributed by atoms with E-state index in [-0.39, 0.29) is 29.9 Å². The molecular formula is C26H35N5O3. The first-order valence-electron chi connectivity index (χ1n) is 12.4. The molecule has 8 heteroatoms. The Morgan fingerprint density at radius 3 is 2.32 bits per heavy atom. The molecule has 1 unspecified atom stereocenters. The Morgan fingerprint density at radius 1 is 1.12 bits per heavy atom. The van der Waals surface area contributed by atoms with Crippen LogP contribution in [-0.4, -0.2) is 40.7 Å². The number of rotatable bonds is 8. The highest BCUT2D eigenvalue weighted by atomic mass is 16.5. The number of methoxy groups -OCH3 is 1. The van der Waals surface area contributed by atoms with Crippen molar-refractivity contribution in [3.05, 3.63) is 48.0 Å². The summed E-state index contributed by atoms with van der Waals surface area (Å²) < 4.78 is 7.15. The summed E-state index contributed by atoms with van der Waals surface area (Å²) in [5, 5.41) is 9.29. The Labute approximate surface area is 200 Å². The van der Waals surface area contributed by atoms with E-state index in [4.69, 9.17) is 4.74 Å². The summed E-state index contributed by atoms with van der Waals surface area (Å²) in [6.45, 7) is 0.292. The molecule has 6 rings (SSSR count). The zero-order valence-corrected chi connectivity index (χ0v) is 20.0. The zero-order chi connectivity index (χ0) is 23.7. The lowest BCUT2D eigenvalue weighted by molar-refractivity contribution is -0.121. The molecule has 4 aliphatic carbocycles. The maximum atomic E-state index is 12.8. The first kappa shape index (κ1) is 22.7. The maximum absolute atomic E-state index is 12.8. The maximum Gasteiger partial charge on any atom is 0.315 e. The fourth-order valence-electron chi connectivity index (χ4n) is 6.82. The van der Waals surface area contributed by atoms with Crippen molar-refractivity contribution in [3.63, 3.8) is 0 Å². The lowest BCUT2D eigenvalue weighted by Gasteiger charge is -2.56. The lowest BCUT2D eigenvalue weighted by atomic mass is 9.53. The standard InChI is InChI=1S/C26H35N5O3/c1-31-10-9-27-24(31)23(20-3-5-21(34-2)6-4-20)29-22(32)7-8-28-25(33)30-26-14-17-11-18(15-26)13-19(12-17)16-26/h3-6,9-10,17-19,23H,7-8,11-16H2,1-2H3,(H,29,32)(H2,28,30,33). The summed E-state index contributed by atoms with van der Waals surface area (Å²) in [4.78, 5) is 29.9. The van der Waals surface area contributed by atoms with Crippen molar-refractivity contribution in [1.29, 1.82) is 0 Å². The minimum Gasteiger partial charge on any atom is -0.497 e. The number of urea groups is 1. The van der Waals surface area contributed by atoms with Gasteiger partial charge in [-0.1, -0.05) is 12.1 Å². The van der Waals surface area contributed by atoms with E-state index in [2.05, 4.69) is 20.9 Å². The van der Waals surface area contributed by atoms with Gasteiger partial charge in [-0.05, 0) is 74.0 Å². The molecule has 182 valence electrons. The minimum absolute atomic E-state index is 0.0290. The number of aromatic nitrogens is 2. The number of nitrogens with one attached hydrogen (secondary N) is 3. The average molecular weight is 466 g/mol. The van der Waals surface area contributed by atoms with Crippen LogP contribution in [-0.2, 0) is 11.8 Å². The van der Waals surface area contributed by atoms with Gasteiger partial charge in [0, 0.05) is 37.9 Å². The third kappa shape index (κ3) is 4.76. The number of benzene rings is 1. The SMILES string of the molecule is COc1ccc(C(NC(=O)CCNC(=O)NC23CC4CC(CC(C4)C2)C3)c2nccn2C)cc1. The summed E-state index contributed by atoms with van der Waals surface area (Å²) >= 11 is 0. The molecule has 3 amide bonds. The molecule has 2 aromatic rings. The molecule has 0 spiro atoms. The van der Waals surface area contributed by atoms with Crippen LogP contribution < -0.4 is 20.7 Å². The van der Waals surface area contributed by atoms with Gasteiger partial charge in [0.2, 0.25) is 5.91 Å². The number of ether oxygens (including phenoxy) is 1. The van der Waals surface area contributed by atoms with E-state index in [1.165, 1.54) is 19.3 Å². The number of hydrogen-bond donors (Lipinski definition) is 3.